The smallest absolute Gasteiger partial charge is 0.356 e. The molecule has 0 saturated carbocycles. The molecule has 2 rings (SSSR count). The van der Waals surface area contributed by atoms with Gasteiger partial charge in [-0.05, 0) is 12.8 Å². The first-order chi connectivity index (χ1) is 11.0. The van der Waals surface area contributed by atoms with E-state index in [0.29, 0.717) is 6.54 Å². The summed E-state index contributed by atoms with van der Waals surface area (Å²) in [4.78, 5) is 30.4. The van der Waals surface area contributed by atoms with Crippen LogP contribution in [0, 0.1) is 0 Å². The number of aromatic carboxylic acids is 1. The van der Waals surface area contributed by atoms with E-state index in [1.165, 1.54) is 0 Å². The van der Waals surface area contributed by atoms with E-state index < -0.39 is 11.9 Å². The lowest BCUT2D eigenvalue weighted by molar-refractivity contribution is 0.0689. The van der Waals surface area contributed by atoms with Crippen LogP contribution in [-0.2, 0) is 26.4 Å². The number of carbonyl (C=O) groups is 2. The van der Waals surface area contributed by atoms with Gasteiger partial charge in [-0.15, -0.1) is 0 Å². The van der Waals surface area contributed by atoms with Crippen molar-refractivity contribution in [2.24, 2.45) is 7.05 Å². The van der Waals surface area contributed by atoms with Gasteiger partial charge in [-0.25, -0.2) is 14.8 Å². The summed E-state index contributed by atoms with van der Waals surface area (Å²) in [6, 6.07) is 0. The molecule has 122 valence electrons. The molecule has 0 atom stereocenters. The average Bonchev–Trinajstić information content (AvgIpc) is 2.87. The molecule has 1 amide bonds. The maximum absolute atomic E-state index is 12.1. The fourth-order valence-electron chi connectivity index (χ4n) is 2.41. The van der Waals surface area contributed by atoms with Crippen LogP contribution < -0.4 is 5.32 Å². The molecule has 2 N–H and O–H groups in total. The van der Waals surface area contributed by atoms with Crippen LogP contribution in [0.5, 0.6) is 0 Å². The van der Waals surface area contributed by atoms with E-state index in [1.807, 2.05) is 25.6 Å². The lowest BCUT2D eigenvalue weighted by Gasteiger charge is -2.07. The first-order valence-electron chi connectivity index (χ1n) is 7.35. The number of carbonyl (C=O) groups excluding carboxylic acids is 1. The number of nitrogens with zero attached hydrogens (tertiary/aromatic N) is 4. The van der Waals surface area contributed by atoms with Crippen molar-refractivity contribution in [3.63, 3.8) is 0 Å². The molecule has 8 nitrogen and oxygen atoms in total. The number of hydrogen-bond donors (Lipinski definition) is 2. The van der Waals surface area contributed by atoms with Gasteiger partial charge in [-0.2, -0.15) is 5.10 Å². The van der Waals surface area contributed by atoms with Crippen LogP contribution >= 0.6 is 0 Å². The molecular weight excluding hydrogens is 298 g/mol. The summed E-state index contributed by atoms with van der Waals surface area (Å²) in [5.41, 5.74) is 2.93. The lowest BCUT2D eigenvalue weighted by Crippen LogP contribution is -2.25. The van der Waals surface area contributed by atoms with Crippen molar-refractivity contribution in [2.75, 3.05) is 0 Å². The largest absolute Gasteiger partial charge is 0.476 e. The average molecular weight is 317 g/mol. The molecule has 0 aliphatic rings. The number of carboxylic acids is 1. The topological polar surface area (TPSA) is 110 Å². The molecule has 0 aromatic carbocycles. The number of amides is 1. The number of nitrogens with one attached hydrogen (secondary N) is 1. The third kappa shape index (κ3) is 3.53. The normalized spacial score (nSPS) is 10.6. The minimum atomic E-state index is -1.18. The van der Waals surface area contributed by atoms with E-state index in [4.69, 9.17) is 5.11 Å². The molecule has 0 unspecified atom stereocenters. The van der Waals surface area contributed by atoms with Gasteiger partial charge in [-0.1, -0.05) is 13.8 Å². The third-order valence-electron chi connectivity index (χ3n) is 3.56. The molecule has 2 heterocycles. The van der Waals surface area contributed by atoms with Gasteiger partial charge in [0, 0.05) is 24.8 Å². The second-order valence-corrected chi connectivity index (χ2v) is 4.98. The van der Waals surface area contributed by atoms with Crippen LogP contribution in [0.4, 0.5) is 0 Å². The summed E-state index contributed by atoms with van der Waals surface area (Å²) < 4.78 is 1.84. The molecule has 23 heavy (non-hydrogen) atoms. The number of rotatable bonds is 6. The van der Waals surface area contributed by atoms with Crippen molar-refractivity contribution in [3.8, 4) is 0 Å². The summed E-state index contributed by atoms with van der Waals surface area (Å²) in [7, 11) is 1.89. The molecular formula is C15H19N5O3. The minimum absolute atomic E-state index is 0.0787. The summed E-state index contributed by atoms with van der Waals surface area (Å²) in [6.45, 7) is 4.41. The number of aryl methyl sites for hydroxylation is 2. The van der Waals surface area contributed by atoms with E-state index in [9.17, 15) is 9.59 Å². The van der Waals surface area contributed by atoms with Gasteiger partial charge >= 0.3 is 5.97 Å². The zero-order valence-corrected chi connectivity index (χ0v) is 13.3. The van der Waals surface area contributed by atoms with Crippen LogP contribution in [0.25, 0.3) is 0 Å². The van der Waals surface area contributed by atoms with Crippen LogP contribution in [0.3, 0.4) is 0 Å². The fourth-order valence-corrected chi connectivity index (χ4v) is 2.41. The Bertz CT molecular complexity index is 721. The van der Waals surface area contributed by atoms with Crippen molar-refractivity contribution >= 4 is 11.9 Å². The summed E-state index contributed by atoms with van der Waals surface area (Å²) in [5, 5.41) is 16.0. The highest BCUT2D eigenvalue weighted by molar-refractivity contribution is 5.92. The Morgan fingerprint density at radius 3 is 2.35 bits per heavy atom. The number of carboxylic acid groups (broad SMARTS) is 1. The molecule has 0 aliphatic carbocycles. The van der Waals surface area contributed by atoms with Gasteiger partial charge in [-0.3, -0.25) is 9.48 Å². The molecule has 0 radical (unpaired) electrons. The Morgan fingerprint density at radius 1 is 1.17 bits per heavy atom. The molecule has 2 aromatic heterocycles. The predicted molar refractivity (Wildman–Crippen MR) is 82.1 cm³/mol. The first-order valence-corrected chi connectivity index (χ1v) is 7.35. The zero-order chi connectivity index (χ0) is 17.0. The summed E-state index contributed by atoms with van der Waals surface area (Å²) in [5.74, 6) is -1.58. The van der Waals surface area contributed by atoms with E-state index in [-0.39, 0.29) is 11.4 Å². The zero-order valence-electron chi connectivity index (χ0n) is 13.3. The van der Waals surface area contributed by atoms with Crippen molar-refractivity contribution in [2.45, 2.75) is 33.2 Å². The fraction of sp³-hybridized carbons (Fsp3) is 0.400. The summed E-state index contributed by atoms with van der Waals surface area (Å²) in [6.07, 6.45) is 3.83. The van der Waals surface area contributed by atoms with E-state index in [2.05, 4.69) is 20.4 Å². The number of aromatic nitrogens is 4. The highest BCUT2D eigenvalue weighted by Gasteiger charge is 2.16. The second-order valence-electron chi connectivity index (χ2n) is 4.98. The van der Waals surface area contributed by atoms with Crippen molar-refractivity contribution < 1.29 is 14.7 Å². The molecule has 2 aromatic rings. The van der Waals surface area contributed by atoms with Gasteiger partial charge in [0.05, 0.1) is 18.1 Å². The predicted octanol–water partition coefficient (Wildman–Crippen LogP) is 0.963. The van der Waals surface area contributed by atoms with Gasteiger partial charge in [0.2, 0.25) is 0 Å². The molecule has 8 heteroatoms. The van der Waals surface area contributed by atoms with Crippen molar-refractivity contribution in [1.29, 1.82) is 0 Å². The SMILES string of the molecule is CCc1nn(C)c(CC)c1CNC(=O)c1cnc(C(=O)O)cn1. The molecule has 0 aliphatic heterocycles. The van der Waals surface area contributed by atoms with Crippen molar-refractivity contribution in [1.82, 2.24) is 25.1 Å². The molecule has 0 spiro atoms. The second kappa shape index (κ2) is 6.99. The first kappa shape index (κ1) is 16.6. The van der Waals surface area contributed by atoms with Gasteiger partial charge in [0.15, 0.2) is 5.69 Å². The maximum Gasteiger partial charge on any atom is 0.356 e. The lowest BCUT2D eigenvalue weighted by atomic mass is 10.1. The van der Waals surface area contributed by atoms with E-state index in [1.54, 1.807) is 0 Å². The highest BCUT2D eigenvalue weighted by Crippen LogP contribution is 2.15. The Balaban J connectivity index is 2.11. The Kier molecular flexibility index (Phi) is 5.05. The maximum atomic E-state index is 12.1. The van der Waals surface area contributed by atoms with E-state index in [0.717, 1.165) is 42.2 Å². The standard InChI is InChI=1S/C15H19N5O3/c1-4-10-9(13(5-2)20(3)19-10)6-18-14(21)11-7-17-12(8-16-11)15(22)23/h7-8H,4-6H2,1-3H3,(H,18,21)(H,22,23). The van der Waals surface area contributed by atoms with Crippen LogP contribution in [0.1, 0.15) is 51.8 Å². The van der Waals surface area contributed by atoms with Gasteiger partial charge in [0.1, 0.15) is 5.69 Å². The van der Waals surface area contributed by atoms with Crippen LogP contribution in [0.15, 0.2) is 12.4 Å². The van der Waals surface area contributed by atoms with Gasteiger partial charge < -0.3 is 10.4 Å². The molecule has 0 fully saturated rings. The highest BCUT2D eigenvalue weighted by atomic mass is 16.4. The monoisotopic (exact) mass is 317 g/mol. The Labute approximate surface area is 133 Å². The minimum Gasteiger partial charge on any atom is -0.476 e. The van der Waals surface area contributed by atoms with Crippen LogP contribution in [-0.4, -0.2) is 36.7 Å². The number of hydrogen-bond acceptors (Lipinski definition) is 5. The molecule has 0 saturated heterocycles. The Morgan fingerprint density at radius 2 is 1.83 bits per heavy atom. The summed E-state index contributed by atoms with van der Waals surface area (Å²) >= 11 is 0. The Hall–Kier alpha value is -2.77. The van der Waals surface area contributed by atoms with Crippen molar-refractivity contribution in [3.05, 3.63) is 40.7 Å². The van der Waals surface area contributed by atoms with E-state index >= 15 is 0 Å². The third-order valence-corrected chi connectivity index (χ3v) is 3.56. The van der Waals surface area contributed by atoms with Crippen LogP contribution in [0.2, 0.25) is 0 Å². The molecule has 0 bridgehead atoms. The quantitative estimate of drug-likeness (QED) is 0.821. The van der Waals surface area contributed by atoms with Gasteiger partial charge in [0.25, 0.3) is 5.91 Å².